The number of carbonyl (C=O) groups is 1. The van der Waals surface area contributed by atoms with Gasteiger partial charge >= 0.3 is 5.97 Å². The minimum Gasteiger partial charge on any atom is -0.480 e. The minimum atomic E-state index is -3.73. The molecule has 0 unspecified atom stereocenters. The topological polar surface area (TPSA) is 79.6 Å². The fourth-order valence-corrected chi connectivity index (χ4v) is 5.94. The van der Waals surface area contributed by atoms with Crippen LogP contribution in [0.1, 0.15) is 30.0 Å². The highest BCUT2D eigenvalue weighted by Crippen LogP contribution is 2.38. The van der Waals surface area contributed by atoms with Crippen LogP contribution in [0.3, 0.4) is 0 Å². The molecule has 0 atom stereocenters. The molecule has 0 aliphatic carbocycles. The summed E-state index contributed by atoms with van der Waals surface area (Å²) in [7, 11) is -3.73. The molecule has 0 radical (unpaired) electrons. The molecular weight excluding hydrogens is 426 g/mol. The van der Waals surface area contributed by atoms with Gasteiger partial charge in [0.25, 0.3) is 0 Å². The summed E-state index contributed by atoms with van der Waals surface area (Å²) in [6.07, 6.45) is 1.04. The SMILES string of the molecule is Cc1c(C2CCN(S(=O)(=O)c3ccc(F)cc3)CC2)c2cc(F)ccc2n1CC(=O)O. The standard InChI is InChI=1S/C22H22F2N2O4S/c1-14-22(19-12-17(24)4-7-20(19)26(14)13-21(27)28)15-8-10-25(11-9-15)31(29,30)18-5-2-16(23)3-6-18/h2-7,12,15H,8-11,13H2,1H3,(H,27,28). The van der Waals surface area contributed by atoms with Crippen LogP contribution < -0.4 is 0 Å². The van der Waals surface area contributed by atoms with Crippen molar-refractivity contribution in [3.05, 3.63) is 65.4 Å². The molecule has 1 aliphatic heterocycles. The van der Waals surface area contributed by atoms with Gasteiger partial charge in [0.2, 0.25) is 10.0 Å². The van der Waals surface area contributed by atoms with Gasteiger partial charge in [0.15, 0.2) is 0 Å². The van der Waals surface area contributed by atoms with Crippen LogP contribution in [-0.2, 0) is 21.4 Å². The summed E-state index contributed by atoms with van der Waals surface area (Å²) in [6, 6.07) is 9.05. The Bertz CT molecular complexity index is 1240. The zero-order valence-corrected chi connectivity index (χ0v) is 17.7. The third-order valence-electron chi connectivity index (χ3n) is 5.94. The first-order valence-electron chi connectivity index (χ1n) is 9.94. The van der Waals surface area contributed by atoms with E-state index in [9.17, 15) is 27.1 Å². The lowest BCUT2D eigenvalue weighted by atomic mass is 9.88. The number of nitrogens with zero attached hydrogens (tertiary/aromatic N) is 2. The summed E-state index contributed by atoms with van der Waals surface area (Å²) in [6.45, 7) is 2.12. The van der Waals surface area contributed by atoms with Crippen molar-refractivity contribution in [2.24, 2.45) is 0 Å². The second-order valence-electron chi connectivity index (χ2n) is 7.77. The van der Waals surface area contributed by atoms with Gasteiger partial charge in [-0.25, -0.2) is 17.2 Å². The second-order valence-corrected chi connectivity index (χ2v) is 9.71. The van der Waals surface area contributed by atoms with Gasteiger partial charge in [0.1, 0.15) is 18.2 Å². The zero-order valence-electron chi connectivity index (χ0n) is 16.9. The van der Waals surface area contributed by atoms with Crippen molar-refractivity contribution in [1.82, 2.24) is 8.87 Å². The van der Waals surface area contributed by atoms with Gasteiger partial charge in [0, 0.05) is 29.7 Å². The summed E-state index contributed by atoms with van der Waals surface area (Å²) >= 11 is 0. The van der Waals surface area contributed by atoms with E-state index < -0.39 is 27.6 Å². The number of hydrogen-bond donors (Lipinski definition) is 1. The molecule has 4 rings (SSSR count). The van der Waals surface area contributed by atoms with Crippen molar-refractivity contribution in [1.29, 1.82) is 0 Å². The summed E-state index contributed by atoms with van der Waals surface area (Å²) < 4.78 is 55.9. The van der Waals surface area contributed by atoms with Crippen LogP contribution in [0.15, 0.2) is 47.4 Å². The number of carboxylic acids is 1. The molecule has 164 valence electrons. The number of fused-ring (bicyclic) bond motifs is 1. The first-order valence-corrected chi connectivity index (χ1v) is 11.4. The van der Waals surface area contributed by atoms with Crippen LogP contribution in [0.25, 0.3) is 10.9 Å². The molecule has 0 bridgehead atoms. The summed E-state index contributed by atoms with van der Waals surface area (Å²) in [5, 5.41) is 9.95. The summed E-state index contributed by atoms with van der Waals surface area (Å²) in [4.78, 5) is 11.4. The molecular formula is C22H22F2N2O4S. The van der Waals surface area contributed by atoms with Gasteiger partial charge in [0.05, 0.1) is 4.90 Å². The molecule has 3 aromatic rings. The van der Waals surface area contributed by atoms with Crippen LogP contribution in [0.5, 0.6) is 0 Å². The number of halogens is 2. The molecule has 2 heterocycles. The number of piperidine rings is 1. The second kappa shape index (κ2) is 8.05. The highest BCUT2D eigenvalue weighted by Gasteiger charge is 2.32. The molecule has 0 spiro atoms. The Kier molecular flexibility index (Phi) is 5.57. The van der Waals surface area contributed by atoms with E-state index in [1.54, 1.807) is 10.6 Å². The average molecular weight is 448 g/mol. The number of sulfonamides is 1. The Morgan fingerprint density at radius 3 is 2.29 bits per heavy atom. The number of rotatable bonds is 5. The van der Waals surface area contributed by atoms with Gasteiger partial charge in [-0.05, 0) is 73.7 Å². The number of carboxylic acid groups (broad SMARTS) is 1. The van der Waals surface area contributed by atoms with Crippen LogP contribution in [0.4, 0.5) is 8.78 Å². The molecule has 6 nitrogen and oxygen atoms in total. The first kappa shape index (κ1) is 21.5. The number of benzene rings is 2. The van der Waals surface area contributed by atoms with E-state index in [0.717, 1.165) is 23.4 Å². The third-order valence-corrected chi connectivity index (χ3v) is 7.85. The monoisotopic (exact) mass is 448 g/mol. The Morgan fingerprint density at radius 1 is 1.06 bits per heavy atom. The van der Waals surface area contributed by atoms with Crippen molar-refractivity contribution in [3.8, 4) is 0 Å². The minimum absolute atomic E-state index is 0.0287. The van der Waals surface area contributed by atoms with Crippen molar-refractivity contribution in [2.45, 2.75) is 37.1 Å². The predicted octanol–water partition coefficient (Wildman–Crippen LogP) is 3.88. The molecule has 0 amide bonds. The molecule has 1 saturated heterocycles. The van der Waals surface area contributed by atoms with Crippen LogP contribution in [0, 0.1) is 18.6 Å². The number of aromatic nitrogens is 1. The lowest BCUT2D eigenvalue weighted by Crippen LogP contribution is -2.38. The van der Waals surface area contributed by atoms with Crippen molar-refractivity contribution >= 4 is 26.9 Å². The van der Waals surface area contributed by atoms with E-state index in [2.05, 4.69) is 0 Å². The quantitative estimate of drug-likeness (QED) is 0.643. The predicted molar refractivity (Wildman–Crippen MR) is 111 cm³/mol. The summed E-state index contributed by atoms with van der Waals surface area (Å²) in [5.41, 5.74) is 2.27. The van der Waals surface area contributed by atoms with E-state index in [-0.39, 0.29) is 30.4 Å². The summed E-state index contributed by atoms with van der Waals surface area (Å²) in [5.74, 6) is -1.93. The molecule has 1 aromatic heterocycles. The average Bonchev–Trinajstić information content (AvgIpc) is 2.98. The molecule has 1 aliphatic rings. The van der Waals surface area contributed by atoms with Crippen molar-refractivity contribution in [3.63, 3.8) is 0 Å². The van der Waals surface area contributed by atoms with Crippen molar-refractivity contribution < 1.29 is 27.1 Å². The molecule has 0 saturated carbocycles. The molecule has 2 aromatic carbocycles. The Hall–Kier alpha value is -2.78. The maximum Gasteiger partial charge on any atom is 0.323 e. The van der Waals surface area contributed by atoms with E-state index in [0.29, 0.717) is 23.7 Å². The maximum absolute atomic E-state index is 14.0. The fourth-order valence-electron chi connectivity index (χ4n) is 4.48. The van der Waals surface area contributed by atoms with Crippen LogP contribution >= 0.6 is 0 Å². The highest BCUT2D eigenvalue weighted by atomic mass is 32.2. The van der Waals surface area contributed by atoms with Crippen LogP contribution in [-0.4, -0.2) is 41.5 Å². The van der Waals surface area contributed by atoms with Gasteiger partial charge < -0.3 is 9.67 Å². The van der Waals surface area contributed by atoms with E-state index in [4.69, 9.17) is 0 Å². The normalized spacial score (nSPS) is 16.1. The van der Waals surface area contributed by atoms with Crippen LogP contribution in [0.2, 0.25) is 0 Å². The van der Waals surface area contributed by atoms with Crippen molar-refractivity contribution in [2.75, 3.05) is 13.1 Å². The third kappa shape index (κ3) is 3.95. The smallest absolute Gasteiger partial charge is 0.323 e. The first-order chi connectivity index (χ1) is 14.7. The van der Waals surface area contributed by atoms with E-state index in [1.807, 2.05) is 6.92 Å². The fraction of sp³-hybridized carbons (Fsp3) is 0.318. The maximum atomic E-state index is 14.0. The zero-order chi connectivity index (χ0) is 22.3. The van der Waals surface area contributed by atoms with E-state index in [1.165, 1.54) is 28.6 Å². The van der Waals surface area contributed by atoms with Gasteiger partial charge in [-0.3, -0.25) is 4.79 Å². The Labute approximate surface area is 178 Å². The Morgan fingerprint density at radius 2 is 1.68 bits per heavy atom. The molecule has 31 heavy (non-hydrogen) atoms. The molecule has 1 N–H and O–H groups in total. The molecule has 9 heteroatoms. The number of hydrogen-bond acceptors (Lipinski definition) is 3. The van der Waals surface area contributed by atoms with Gasteiger partial charge in [-0.2, -0.15) is 4.31 Å². The van der Waals surface area contributed by atoms with Gasteiger partial charge in [-0.15, -0.1) is 0 Å². The Balaban J connectivity index is 1.63. The number of aliphatic carboxylic acids is 1. The lowest BCUT2D eigenvalue weighted by molar-refractivity contribution is -0.137. The molecule has 1 fully saturated rings. The highest BCUT2D eigenvalue weighted by molar-refractivity contribution is 7.89. The largest absolute Gasteiger partial charge is 0.480 e. The van der Waals surface area contributed by atoms with Gasteiger partial charge in [-0.1, -0.05) is 0 Å². The lowest BCUT2D eigenvalue weighted by Gasteiger charge is -2.31. The van der Waals surface area contributed by atoms with E-state index >= 15 is 0 Å².